The largest absolute Gasteiger partial charge is 0.745 e. The van der Waals surface area contributed by atoms with Crippen LogP contribution in [0.5, 0.6) is 0 Å². The molecule has 0 amide bonds. The van der Waals surface area contributed by atoms with Crippen LogP contribution in [0.25, 0.3) is 0 Å². The van der Waals surface area contributed by atoms with Gasteiger partial charge in [0.2, 0.25) is 0 Å². The lowest BCUT2D eigenvalue weighted by atomic mass is 10.1. The van der Waals surface area contributed by atoms with E-state index in [1.54, 1.807) is 13.8 Å². The number of aliphatic hydroxyl groups is 1. The second-order valence-electron chi connectivity index (χ2n) is 10.4. The van der Waals surface area contributed by atoms with Crippen LogP contribution in [0.15, 0.2) is 60.7 Å². The monoisotopic (exact) mass is 888 g/mol. The Balaban J connectivity index is 0. The van der Waals surface area contributed by atoms with Crippen LogP contribution in [0.3, 0.4) is 0 Å². The Labute approximate surface area is 314 Å². The summed E-state index contributed by atoms with van der Waals surface area (Å²) < 4.78 is 64.0. The van der Waals surface area contributed by atoms with Gasteiger partial charge in [0.05, 0.1) is 6.61 Å². The van der Waals surface area contributed by atoms with Gasteiger partial charge in [-0.15, -0.1) is 19.6 Å². The summed E-state index contributed by atoms with van der Waals surface area (Å²) in [7, 11) is -16.3. The molecule has 0 heterocycles. The third kappa shape index (κ3) is 21.0. The van der Waals surface area contributed by atoms with Gasteiger partial charge < -0.3 is 34.9 Å². The number of alkyl halides is 1. The average molecular weight is 889 g/mol. The summed E-state index contributed by atoms with van der Waals surface area (Å²) in [6, 6.07) is 18.2. The van der Waals surface area contributed by atoms with E-state index in [2.05, 4.69) is 46.0 Å². The molecule has 0 saturated carbocycles. The van der Waals surface area contributed by atoms with Crippen molar-refractivity contribution < 1.29 is 80.3 Å². The van der Waals surface area contributed by atoms with Gasteiger partial charge in [-0.1, -0.05) is 48.0 Å². The molecule has 4 unspecified atom stereocenters. The van der Waals surface area contributed by atoms with E-state index >= 15 is 0 Å². The molecule has 0 radical (unpaired) electrons. The van der Waals surface area contributed by atoms with Gasteiger partial charge in [0, 0.05) is 50.8 Å². The Bertz CT molecular complexity index is 1700. The number of benzene rings is 3. The Morgan fingerprint density at radius 1 is 0.679 bits per heavy atom. The highest BCUT2D eigenvalue weighted by molar-refractivity contribution is 7.74. The van der Waals surface area contributed by atoms with E-state index in [0.29, 0.717) is 5.56 Å². The number of nitrogens with zero attached hydrogens (tertiary/aromatic N) is 1. The maximum absolute atomic E-state index is 11.4. The van der Waals surface area contributed by atoms with E-state index in [4.69, 9.17) is 36.3 Å². The smallest absolute Gasteiger partial charge is 0.392 e. The molecule has 0 aliphatic heterocycles. The highest BCUT2D eigenvalue weighted by atomic mass is 35.5. The normalized spacial score (nSPS) is 12.0. The number of halogens is 1. The van der Waals surface area contributed by atoms with Crippen LogP contribution >= 0.6 is 59.8 Å². The van der Waals surface area contributed by atoms with Crippen molar-refractivity contribution in [3.63, 3.8) is 0 Å². The van der Waals surface area contributed by atoms with Crippen LogP contribution in [0.4, 0.5) is 11.4 Å². The number of hydrogen-bond donors (Lipinski definition) is 10. The van der Waals surface area contributed by atoms with Crippen molar-refractivity contribution in [1.29, 1.82) is 0 Å². The molecular weight excluding hydrogens is 846 g/mol. The first-order chi connectivity index (χ1) is 24.1. The summed E-state index contributed by atoms with van der Waals surface area (Å²) in [6.07, 6.45) is 0. The van der Waals surface area contributed by atoms with Crippen LogP contribution in [0.2, 0.25) is 0 Å². The molecule has 53 heavy (non-hydrogen) atoms. The first-order valence-electron chi connectivity index (χ1n) is 14.1. The molecule has 0 bridgehead atoms. The molecule has 0 fully saturated rings. The van der Waals surface area contributed by atoms with Gasteiger partial charge in [-0.3, -0.25) is 9.13 Å². The molecule has 0 spiro atoms. The number of nitrogens with one attached hydrogen (secondary N) is 1. The van der Waals surface area contributed by atoms with Crippen LogP contribution in [0.1, 0.15) is 33.4 Å². The van der Waals surface area contributed by atoms with Gasteiger partial charge in [-0.25, -0.2) is 0 Å². The van der Waals surface area contributed by atoms with Gasteiger partial charge in [-0.05, 0) is 85.3 Å². The predicted molar refractivity (Wildman–Crippen MR) is 201 cm³/mol. The number of aryl methyl sites for hydroxylation is 4. The quantitative estimate of drug-likeness (QED) is 0.0799. The van der Waals surface area contributed by atoms with E-state index in [1.165, 1.54) is 35.0 Å². The fourth-order valence-electron chi connectivity index (χ4n) is 3.36. The summed E-state index contributed by atoms with van der Waals surface area (Å²) >= 11 is 5.61. The van der Waals surface area contributed by atoms with Crippen molar-refractivity contribution >= 4 is 71.2 Å². The molecule has 0 saturated heterocycles. The van der Waals surface area contributed by atoms with Gasteiger partial charge >= 0.3 is 48.2 Å². The number of aliphatic hydroxyl groups excluding tert-OH is 1. The first kappa shape index (κ1) is 53.1. The van der Waals surface area contributed by atoms with E-state index in [1.807, 2.05) is 50.3 Å². The molecular formula is C27H43ClN2O17P6+4. The summed E-state index contributed by atoms with van der Waals surface area (Å²) in [5.74, 6) is 0. The Morgan fingerprint density at radius 2 is 1.06 bits per heavy atom. The van der Waals surface area contributed by atoms with Crippen molar-refractivity contribution in [3.05, 3.63) is 94.0 Å². The molecule has 0 aliphatic rings. The minimum absolute atomic E-state index is 0.119. The second kappa shape index (κ2) is 25.2. The Morgan fingerprint density at radius 3 is 1.32 bits per heavy atom. The summed E-state index contributed by atoms with van der Waals surface area (Å²) in [5.41, 5.74) is 7.12. The molecule has 296 valence electrons. The third-order valence-corrected chi connectivity index (χ3v) is 13.8. The highest BCUT2D eigenvalue weighted by Crippen LogP contribution is 2.76. The van der Waals surface area contributed by atoms with E-state index < -0.39 is 52.6 Å². The molecule has 19 nitrogen and oxygen atoms in total. The first-order valence-corrected chi connectivity index (χ1v) is 22.3. The van der Waals surface area contributed by atoms with Crippen molar-refractivity contribution in [2.24, 2.45) is 0 Å². The van der Waals surface area contributed by atoms with Gasteiger partial charge in [0.1, 0.15) is 0 Å². The molecule has 0 aromatic heterocycles. The summed E-state index contributed by atoms with van der Waals surface area (Å²) in [4.78, 5) is 69.4. The molecule has 26 heteroatoms. The molecule has 0 aliphatic carbocycles. The van der Waals surface area contributed by atoms with Crippen LogP contribution in [0, 0.1) is 27.7 Å². The van der Waals surface area contributed by atoms with Crippen molar-refractivity contribution in [2.45, 2.75) is 38.7 Å². The average Bonchev–Trinajstić information content (AvgIpc) is 3.02. The molecule has 3 aromatic rings. The zero-order valence-electron chi connectivity index (χ0n) is 29.3. The van der Waals surface area contributed by atoms with E-state index in [0.717, 1.165) is 16.8 Å². The van der Waals surface area contributed by atoms with Gasteiger partial charge in [0.15, 0.2) is 8.62 Å². The summed E-state index contributed by atoms with van der Waals surface area (Å²) in [6.45, 7) is 7.76. The van der Waals surface area contributed by atoms with Crippen molar-refractivity contribution in [3.8, 4) is 0 Å². The second-order valence-corrected chi connectivity index (χ2v) is 18.5. The van der Waals surface area contributed by atoms with Crippen LogP contribution < -0.4 is 10.2 Å². The topological polar surface area (TPSA) is 318 Å². The van der Waals surface area contributed by atoms with E-state index in [9.17, 15) is 47.0 Å². The SMILES string of the molecule is CN(C)c1ccc(CO)cc1.CNc1ccc(C)c(C)c1.Cc1ccc(C(Cl)(P(=O)(O)O)P(=O)(O)O)cc1C.O=[P+](O)O[P+](=O)O.O=[P+](O)O[P+](=O)O. The lowest BCUT2D eigenvalue weighted by Gasteiger charge is -2.29. The van der Waals surface area contributed by atoms with Gasteiger partial charge in [-0.2, -0.15) is 0 Å². The number of rotatable bonds is 10. The third-order valence-electron chi connectivity index (χ3n) is 6.36. The standard InChI is InChI=1S/C9H13ClO6P2.C9H13NO.C9H13N.2O5P2/c1-6-3-4-8(5-7(6)2)9(10,17(11,12)13)18(14,15)16;1-10(2)9-5-3-8(7-11)4-6-9;1-7-4-5-9(10-3)6-8(7)2;2*1-6(2)5-7(3)4/h3-5H,1-2H3,(H2,11,12,13)(H2,14,15,16);3-6,11H,7H2,1-2H3;4-6,10H,1-3H3;;/p+4. The lowest BCUT2D eigenvalue weighted by Crippen LogP contribution is -2.19. The lowest BCUT2D eigenvalue weighted by molar-refractivity contribution is 0.282. The predicted octanol–water partition coefficient (Wildman–Crippen LogP) is 6.20. The maximum atomic E-state index is 11.4. The number of hydrogen-bond acceptors (Lipinski definition) is 11. The molecule has 10 N–H and O–H groups in total. The highest BCUT2D eigenvalue weighted by Gasteiger charge is 2.60. The maximum Gasteiger partial charge on any atom is 0.745 e. The number of anilines is 2. The molecule has 4 atom stereocenters. The molecule has 3 rings (SSSR count). The van der Waals surface area contributed by atoms with Crippen molar-refractivity contribution in [2.75, 3.05) is 31.4 Å². The zero-order valence-corrected chi connectivity index (χ0v) is 35.4. The van der Waals surface area contributed by atoms with Crippen molar-refractivity contribution in [1.82, 2.24) is 0 Å². The summed E-state index contributed by atoms with van der Waals surface area (Å²) in [5, 5.41) is 11.8. The van der Waals surface area contributed by atoms with Gasteiger partial charge in [0.25, 0.3) is 4.36 Å². The Kier molecular flexibility index (Phi) is 25.2. The van der Waals surface area contributed by atoms with Crippen LogP contribution in [-0.2, 0) is 47.0 Å². The fourth-order valence-corrected chi connectivity index (χ4v) is 6.74. The van der Waals surface area contributed by atoms with E-state index in [-0.39, 0.29) is 12.2 Å². The Hall–Kier alpha value is -2.03. The minimum atomic E-state index is -5.26. The zero-order chi connectivity index (χ0) is 41.9. The minimum Gasteiger partial charge on any atom is -0.392 e. The fraction of sp³-hybridized carbons (Fsp3) is 0.333. The molecule has 3 aromatic carbocycles. The van der Waals surface area contributed by atoms with Crippen LogP contribution in [-0.4, -0.2) is 65.4 Å².